The van der Waals surface area contributed by atoms with Crippen LogP contribution in [0, 0.1) is 6.92 Å². The number of rotatable bonds is 3. The maximum Gasteiger partial charge on any atom is 0.260 e. The lowest BCUT2D eigenvalue weighted by molar-refractivity contribution is 0.414. The van der Waals surface area contributed by atoms with Crippen LogP contribution in [-0.4, -0.2) is 27.2 Å². The molecule has 0 atom stereocenters. The van der Waals surface area contributed by atoms with E-state index in [2.05, 4.69) is 20.1 Å². The molecule has 0 fully saturated rings. The number of hydrogen-bond donors (Lipinski definition) is 1. The largest absolute Gasteiger partial charge is 0.497 e. The van der Waals surface area contributed by atoms with Crippen LogP contribution in [0.5, 0.6) is 5.75 Å². The maximum atomic E-state index is 5.96. The number of aryl methyl sites for hydroxylation is 1. The molecule has 0 saturated heterocycles. The van der Waals surface area contributed by atoms with Gasteiger partial charge in [-0.25, -0.2) is 9.97 Å². The van der Waals surface area contributed by atoms with E-state index in [1.165, 1.54) is 0 Å². The molecule has 0 bridgehead atoms. The summed E-state index contributed by atoms with van der Waals surface area (Å²) < 4.78 is 10.3. The number of aromatic nitrogens is 4. The predicted molar refractivity (Wildman–Crippen MR) is 76.5 cm³/mol. The maximum absolute atomic E-state index is 5.96. The normalized spacial score (nSPS) is 10.6. The number of methoxy groups -OCH3 is 1. The van der Waals surface area contributed by atoms with Gasteiger partial charge in [0.25, 0.3) is 5.89 Å². The first-order chi connectivity index (χ1) is 10.2. The third-order valence-corrected chi connectivity index (χ3v) is 2.90. The summed E-state index contributed by atoms with van der Waals surface area (Å²) in [5.41, 5.74) is 8.05. The average molecular weight is 283 g/mol. The second kappa shape index (κ2) is 5.20. The highest BCUT2D eigenvalue weighted by Gasteiger charge is 2.15. The summed E-state index contributed by atoms with van der Waals surface area (Å²) in [5.74, 6) is 1.70. The fourth-order valence-corrected chi connectivity index (χ4v) is 1.79. The van der Waals surface area contributed by atoms with Crippen molar-refractivity contribution in [1.29, 1.82) is 0 Å². The van der Waals surface area contributed by atoms with E-state index >= 15 is 0 Å². The van der Waals surface area contributed by atoms with Crippen molar-refractivity contribution in [3.8, 4) is 28.9 Å². The molecule has 7 nitrogen and oxygen atoms in total. The Bertz CT molecular complexity index is 767. The minimum absolute atomic E-state index is 0.314. The van der Waals surface area contributed by atoms with Crippen molar-refractivity contribution in [1.82, 2.24) is 20.1 Å². The highest BCUT2D eigenvalue weighted by molar-refractivity contribution is 5.72. The zero-order valence-corrected chi connectivity index (χ0v) is 11.6. The van der Waals surface area contributed by atoms with Gasteiger partial charge in [-0.2, -0.15) is 4.98 Å². The van der Waals surface area contributed by atoms with E-state index in [1.807, 2.05) is 6.92 Å². The third-order valence-electron chi connectivity index (χ3n) is 2.90. The Kier molecular flexibility index (Phi) is 3.23. The molecule has 0 saturated carbocycles. The summed E-state index contributed by atoms with van der Waals surface area (Å²) in [6, 6.07) is 5.24. The van der Waals surface area contributed by atoms with Crippen molar-refractivity contribution in [3.63, 3.8) is 0 Å². The van der Waals surface area contributed by atoms with Gasteiger partial charge in [-0.1, -0.05) is 5.16 Å². The van der Waals surface area contributed by atoms with Gasteiger partial charge in [-0.05, 0) is 24.6 Å². The first kappa shape index (κ1) is 13.0. The zero-order valence-electron chi connectivity index (χ0n) is 11.6. The Balaban J connectivity index is 1.96. The number of ether oxygens (including phenoxy) is 1. The third kappa shape index (κ3) is 2.53. The molecule has 0 spiro atoms. The van der Waals surface area contributed by atoms with Crippen LogP contribution in [0.1, 0.15) is 5.56 Å². The van der Waals surface area contributed by atoms with Crippen LogP contribution in [0.2, 0.25) is 0 Å². The molecule has 3 aromatic rings. The van der Waals surface area contributed by atoms with Crippen LogP contribution in [0.4, 0.5) is 5.69 Å². The Morgan fingerprint density at radius 3 is 2.57 bits per heavy atom. The summed E-state index contributed by atoms with van der Waals surface area (Å²) in [7, 11) is 1.58. The molecule has 7 heteroatoms. The molecular formula is C14H13N5O2. The minimum atomic E-state index is 0.314. The summed E-state index contributed by atoms with van der Waals surface area (Å²) in [6.07, 6.45) is 3.39. The average Bonchev–Trinajstić information content (AvgIpc) is 2.97. The summed E-state index contributed by atoms with van der Waals surface area (Å²) in [6.45, 7) is 1.91. The molecule has 2 aromatic heterocycles. The van der Waals surface area contributed by atoms with Gasteiger partial charge in [0, 0.05) is 24.1 Å². The molecule has 0 radical (unpaired) electrons. The van der Waals surface area contributed by atoms with Crippen LogP contribution in [0.3, 0.4) is 0 Å². The molecule has 0 aliphatic carbocycles. The van der Waals surface area contributed by atoms with E-state index in [4.69, 9.17) is 15.0 Å². The van der Waals surface area contributed by atoms with Gasteiger partial charge in [0.2, 0.25) is 11.6 Å². The number of anilines is 1. The van der Waals surface area contributed by atoms with Crippen LogP contribution in [0.15, 0.2) is 35.1 Å². The van der Waals surface area contributed by atoms with Crippen molar-refractivity contribution in [2.75, 3.05) is 12.8 Å². The fourth-order valence-electron chi connectivity index (χ4n) is 1.79. The lowest BCUT2D eigenvalue weighted by Gasteiger charge is -2.03. The van der Waals surface area contributed by atoms with Crippen molar-refractivity contribution < 1.29 is 9.26 Å². The van der Waals surface area contributed by atoms with Gasteiger partial charge in [-0.3, -0.25) is 0 Å². The van der Waals surface area contributed by atoms with E-state index < -0.39 is 0 Å². The number of nitrogens with two attached hydrogens (primary N) is 1. The summed E-state index contributed by atoms with van der Waals surface area (Å²) in [4.78, 5) is 12.6. The minimum Gasteiger partial charge on any atom is -0.497 e. The fraction of sp³-hybridized carbons (Fsp3) is 0.143. The molecule has 2 N–H and O–H groups in total. The molecular weight excluding hydrogens is 270 g/mol. The van der Waals surface area contributed by atoms with Gasteiger partial charge in [0.1, 0.15) is 5.75 Å². The highest BCUT2D eigenvalue weighted by atomic mass is 16.5. The second-order valence-corrected chi connectivity index (χ2v) is 4.46. The van der Waals surface area contributed by atoms with Gasteiger partial charge in [0.15, 0.2) is 0 Å². The van der Waals surface area contributed by atoms with E-state index in [0.717, 1.165) is 5.56 Å². The Morgan fingerprint density at radius 2 is 1.90 bits per heavy atom. The van der Waals surface area contributed by atoms with E-state index in [-0.39, 0.29) is 0 Å². The van der Waals surface area contributed by atoms with E-state index in [9.17, 15) is 0 Å². The first-order valence-corrected chi connectivity index (χ1v) is 6.24. The quantitative estimate of drug-likeness (QED) is 0.734. The lowest BCUT2D eigenvalue weighted by atomic mass is 10.1. The lowest BCUT2D eigenvalue weighted by Crippen LogP contribution is -1.93. The topological polar surface area (TPSA) is 100.0 Å². The molecule has 106 valence electrons. The Morgan fingerprint density at radius 1 is 1.14 bits per heavy atom. The molecule has 0 aliphatic heterocycles. The van der Waals surface area contributed by atoms with Crippen molar-refractivity contribution in [2.24, 2.45) is 0 Å². The predicted octanol–water partition coefficient (Wildman–Crippen LogP) is 2.09. The van der Waals surface area contributed by atoms with Crippen LogP contribution >= 0.6 is 0 Å². The van der Waals surface area contributed by atoms with E-state index in [0.29, 0.717) is 34.5 Å². The standard InChI is InChI=1S/C14H13N5O2/c1-8-6-16-12(17-7-8)13-18-14(21-19-13)10-4-3-9(20-2)5-11(10)15/h3-7H,15H2,1-2H3. The molecule has 0 amide bonds. The van der Waals surface area contributed by atoms with Crippen molar-refractivity contribution in [3.05, 3.63) is 36.2 Å². The van der Waals surface area contributed by atoms with Gasteiger partial charge in [-0.15, -0.1) is 0 Å². The zero-order chi connectivity index (χ0) is 14.8. The number of benzene rings is 1. The van der Waals surface area contributed by atoms with Crippen LogP contribution in [-0.2, 0) is 0 Å². The Labute approximate surface area is 120 Å². The molecule has 1 aromatic carbocycles. The smallest absolute Gasteiger partial charge is 0.260 e. The SMILES string of the molecule is COc1ccc(-c2nc(-c3ncc(C)cn3)no2)c(N)c1. The Hall–Kier alpha value is -2.96. The highest BCUT2D eigenvalue weighted by Crippen LogP contribution is 2.29. The number of nitrogen functional groups attached to an aromatic ring is 1. The van der Waals surface area contributed by atoms with Gasteiger partial charge < -0.3 is 15.0 Å². The summed E-state index contributed by atoms with van der Waals surface area (Å²) in [5, 5.41) is 3.88. The first-order valence-electron chi connectivity index (χ1n) is 6.24. The number of hydrogen-bond acceptors (Lipinski definition) is 7. The van der Waals surface area contributed by atoms with Crippen LogP contribution in [0.25, 0.3) is 23.1 Å². The van der Waals surface area contributed by atoms with Gasteiger partial charge in [0.05, 0.1) is 12.7 Å². The van der Waals surface area contributed by atoms with Crippen molar-refractivity contribution >= 4 is 5.69 Å². The van der Waals surface area contributed by atoms with Gasteiger partial charge >= 0.3 is 0 Å². The van der Waals surface area contributed by atoms with E-state index in [1.54, 1.807) is 37.7 Å². The monoisotopic (exact) mass is 283 g/mol. The molecule has 2 heterocycles. The van der Waals surface area contributed by atoms with Crippen LogP contribution < -0.4 is 10.5 Å². The molecule has 21 heavy (non-hydrogen) atoms. The second-order valence-electron chi connectivity index (χ2n) is 4.46. The molecule has 0 aliphatic rings. The molecule has 0 unspecified atom stereocenters. The molecule has 3 rings (SSSR count). The summed E-state index contributed by atoms with van der Waals surface area (Å²) >= 11 is 0. The van der Waals surface area contributed by atoms with Crippen molar-refractivity contribution in [2.45, 2.75) is 6.92 Å². The number of nitrogens with zero attached hydrogens (tertiary/aromatic N) is 4.